The standard InChI is InChI=1S/C19H21ClN2O5/c20-14-8-11(7-10-4-6-27-17(10)14)16(23)12-9-13(12)18(24)22-5-2-1-3-15(21)19(25)26/h4,6-8,12-13,15H,1-3,5,9,21H2,(H,22,24)(H,25,26). The Morgan fingerprint density at radius 2 is 2.07 bits per heavy atom. The number of ketones is 1. The Labute approximate surface area is 160 Å². The number of nitrogens with one attached hydrogen (secondary N) is 1. The van der Waals surface area contributed by atoms with Crippen molar-refractivity contribution in [2.24, 2.45) is 17.6 Å². The van der Waals surface area contributed by atoms with Crippen LogP contribution in [0.5, 0.6) is 0 Å². The molecule has 1 amide bonds. The van der Waals surface area contributed by atoms with Gasteiger partial charge in [-0.1, -0.05) is 11.6 Å². The number of furan rings is 1. The fourth-order valence-corrected chi connectivity index (χ4v) is 3.40. The molecule has 0 saturated heterocycles. The summed E-state index contributed by atoms with van der Waals surface area (Å²) >= 11 is 6.14. The Morgan fingerprint density at radius 1 is 1.30 bits per heavy atom. The molecule has 1 aromatic carbocycles. The average Bonchev–Trinajstić information content (AvgIpc) is 3.29. The quantitative estimate of drug-likeness (QED) is 0.445. The number of unbranched alkanes of at least 4 members (excludes halogenated alkanes) is 1. The normalized spacial score (nSPS) is 19.6. The topological polar surface area (TPSA) is 123 Å². The number of carboxylic acid groups (broad SMARTS) is 1. The highest BCUT2D eigenvalue weighted by molar-refractivity contribution is 6.35. The molecule has 0 radical (unpaired) electrons. The van der Waals surface area contributed by atoms with Crippen LogP contribution in [0.15, 0.2) is 28.9 Å². The molecule has 8 heteroatoms. The van der Waals surface area contributed by atoms with E-state index in [9.17, 15) is 14.4 Å². The summed E-state index contributed by atoms with van der Waals surface area (Å²) in [5.74, 6) is -1.91. The lowest BCUT2D eigenvalue weighted by Crippen LogP contribution is -2.30. The number of aliphatic carboxylic acids is 1. The van der Waals surface area contributed by atoms with E-state index in [1.165, 1.54) is 6.26 Å². The molecule has 144 valence electrons. The van der Waals surface area contributed by atoms with E-state index in [0.29, 0.717) is 48.4 Å². The van der Waals surface area contributed by atoms with E-state index in [0.717, 1.165) is 5.39 Å². The van der Waals surface area contributed by atoms with Crippen molar-refractivity contribution in [3.63, 3.8) is 0 Å². The zero-order valence-electron chi connectivity index (χ0n) is 14.6. The minimum Gasteiger partial charge on any atom is -0.480 e. The van der Waals surface area contributed by atoms with Crippen molar-refractivity contribution in [1.29, 1.82) is 0 Å². The van der Waals surface area contributed by atoms with E-state index in [-0.39, 0.29) is 23.5 Å². The van der Waals surface area contributed by atoms with E-state index < -0.39 is 12.0 Å². The second-order valence-electron chi connectivity index (χ2n) is 6.84. The average molecular weight is 393 g/mol. The highest BCUT2D eigenvalue weighted by Crippen LogP contribution is 2.42. The second kappa shape index (κ2) is 8.10. The van der Waals surface area contributed by atoms with Crippen LogP contribution in [0.25, 0.3) is 11.0 Å². The first-order valence-corrected chi connectivity index (χ1v) is 9.23. The molecule has 1 heterocycles. The number of hydrogen-bond donors (Lipinski definition) is 3. The zero-order chi connectivity index (χ0) is 19.6. The van der Waals surface area contributed by atoms with Crippen LogP contribution < -0.4 is 11.1 Å². The lowest BCUT2D eigenvalue weighted by Gasteiger charge is -2.07. The lowest BCUT2D eigenvalue weighted by atomic mass is 10.0. The predicted molar refractivity (Wildman–Crippen MR) is 99.6 cm³/mol. The van der Waals surface area contributed by atoms with Crippen molar-refractivity contribution in [3.05, 3.63) is 35.0 Å². The van der Waals surface area contributed by atoms with Crippen LogP contribution in [0.4, 0.5) is 0 Å². The number of rotatable bonds is 9. The third kappa shape index (κ3) is 4.48. The maximum atomic E-state index is 12.6. The summed E-state index contributed by atoms with van der Waals surface area (Å²) < 4.78 is 5.26. The van der Waals surface area contributed by atoms with Crippen molar-refractivity contribution < 1.29 is 23.9 Å². The van der Waals surface area contributed by atoms with E-state index in [1.807, 2.05) is 0 Å². The van der Waals surface area contributed by atoms with Gasteiger partial charge in [-0.05, 0) is 43.9 Å². The number of fused-ring (bicyclic) bond motifs is 1. The first-order valence-electron chi connectivity index (χ1n) is 8.85. The fraction of sp³-hybridized carbons (Fsp3) is 0.421. The largest absolute Gasteiger partial charge is 0.480 e. The Hall–Kier alpha value is -2.38. The maximum absolute atomic E-state index is 12.6. The first-order chi connectivity index (χ1) is 12.9. The number of halogens is 1. The molecule has 4 N–H and O–H groups in total. The Bertz CT molecular complexity index is 878. The molecule has 1 aromatic heterocycles. The smallest absolute Gasteiger partial charge is 0.320 e. The monoisotopic (exact) mass is 392 g/mol. The summed E-state index contributed by atoms with van der Waals surface area (Å²) in [6.45, 7) is 0.440. The van der Waals surface area contributed by atoms with Crippen LogP contribution in [0.2, 0.25) is 5.02 Å². The molecular weight excluding hydrogens is 372 g/mol. The van der Waals surface area contributed by atoms with Crippen molar-refractivity contribution in [3.8, 4) is 0 Å². The molecule has 1 fully saturated rings. The molecule has 2 aromatic rings. The van der Waals surface area contributed by atoms with Gasteiger partial charge in [0.25, 0.3) is 0 Å². The predicted octanol–water partition coefficient (Wildman–Crippen LogP) is 2.60. The number of hydrogen-bond acceptors (Lipinski definition) is 5. The Balaban J connectivity index is 1.46. The number of nitrogens with two attached hydrogens (primary N) is 1. The highest BCUT2D eigenvalue weighted by Gasteiger charge is 2.47. The summed E-state index contributed by atoms with van der Waals surface area (Å²) in [5.41, 5.74) is 6.45. The van der Waals surface area contributed by atoms with Crippen LogP contribution >= 0.6 is 11.6 Å². The summed E-state index contributed by atoms with van der Waals surface area (Å²) in [7, 11) is 0. The van der Waals surface area contributed by atoms with Crippen molar-refractivity contribution >= 4 is 40.2 Å². The summed E-state index contributed by atoms with van der Waals surface area (Å²) in [6, 6.07) is 4.18. The summed E-state index contributed by atoms with van der Waals surface area (Å²) in [4.78, 5) is 35.4. The Morgan fingerprint density at radius 3 is 2.81 bits per heavy atom. The summed E-state index contributed by atoms with van der Waals surface area (Å²) in [5, 5.41) is 12.6. The zero-order valence-corrected chi connectivity index (χ0v) is 15.4. The van der Waals surface area contributed by atoms with E-state index in [1.54, 1.807) is 18.2 Å². The number of amides is 1. The third-order valence-corrected chi connectivity index (χ3v) is 5.09. The number of benzene rings is 1. The van der Waals surface area contributed by atoms with Gasteiger partial charge in [-0.3, -0.25) is 14.4 Å². The molecule has 0 aliphatic heterocycles. The maximum Gasteiger partial charge on any atom is 0.320 e. The van der Waals surface area contributed by atoms with Crippen LogP contribution in [-0.2, 0) is 9.59 Å². The van der Waals surface area contributed by atoms with Crippen LogP contribution in [0.1, 0.15) is 36.0 Å². The van der Waals surface area contributed by atoms with Crippen LogP contribution in [0, 0.1) is 11.8 Å². The molecular formula is C19H21ClN2O5. The van der Waals surface area contributed by atoms with Gasteiger partial charge in [0.1, 0.15) is 6.04 Å². The lowest BCUT2D eigenvalue weighted by molar-refractivity contribution is -0.138. The van der Waals surface area contributed by atoms with Gasteiger partial charge in [-0.15, -0.1) is 0 Å². The first kappa shape index (κ1) is 19.4. The molecule has 3 rings (SSSR count). The molecule has 3 atom stereocenters. The van der Waals surface area contributed by atoms with Crippen molar-refractivity contribution in [1.82, 2.24) is 5.32 Å². The molecule has 3 unspecified atom stereocenters. The SMILES string of the molecule is NC(CCCCNC(=O)C1CC1C(=O)c1cc(Cl)c2occc2c1)C(=O)O. The minimum atomic E-state index is -1.02. The van der Waals surface area contributed by atoms with Gasteiger partial charge in [0.2, 0.25) is 5.91 Å². The number of carbonyl (C=O) groups is 3. The highest BCUT2D eigenvalue weighted by atomic mass is 35.5. The van der Waals surface area contributed by atoms with E-state index in [4.69, 9.17) is 26.9 Å². The van der Waals surface area contributed by atoms with Gasteiger partial charge in [-0.2, -0.15) is 0 Å². The third-order valence-electron chi connectivity index (χ3n) is 4.81. The van der Waals surface area contributed by atoms with Gasteiger partial charge in [-0.25, -0.2) is 0 Å². The van der Waals surface area contributed by atoms with Crippen LogP contribution in [-0.4, -0.2) is 35.4 Å². The van der Waals surface area contributed by atoms with Gasteiger partial charge in [0.15, 0.2) is 11.4 Å². The van der Waals surface area contributed by atoms with Gasteiger partial charge < -0.3 is 20.6 Å². The molecule has 1 aliphatic rings. The summed E-state index contributed by atoms with van der Waals surface area (Å²) in [6.07, 6.45) is 3.67. The number of carbonyl (C=O) groups excluding carboxylic acids is 2. The van der Waals surface area contributed by atoms with Crippen LogP contribution in [0.3, 0.4) is 0 Å². The van der Waals surface area contributed by atoms with Crippen molar-refractivity contribution in [2.45, 2.75) is 31.7 Å². The number of carboxylic acids is 1. The number of Topliss-reactive ketones (excluding diaryl/α,β-unsaturated/α-hetero) is 1. The van der Waals surface area contributed by atoms with Gasteiger partial charge in [0.05, 0.1) is 11.3 Å². The molecule has 1 saturated carbocycles. The molecule has 7 nitrogen and oxygen atoms in total. The van der Waals surface area contributed by atoms with Gasteiger partial charge >= 0.3 is 5.97 Å². The molecule has 0 spiro atoms. The van der Waals surface area contributed by atoms with Crippen molar-refractivity contribution in [2.75, 3.05) is 6.54 Å². The van der Waals surface area contributed by atoms with E-state index in [2.05, 4.69) is 5.32 Å². The molecule has 0 bridgehead atoms. The second-order valence-corrected chi connectivity index (χ2v) is 7.25. The Kier molecular flexibility index (Phi) is 5.82. The molecule has 27 heavy (non-hydrogen) atoms. The van der Waals surface area contributed by atoms with E-state index >= 15 is 0 Å². The fourth-order valence-electron chi connectivity index (χ4n) is 3.12. The molecule has 1 aliphatic carbocycles. The van der Waals surface area contributed by atoms with Gasteiger partial charge in [0, 0.05) is 29.3 Å². The minimum absolute atomic E-state index is 0.0902.